The number of hydrogen-bond donors (Lipinski definition) is 0. The van der Waals surface area contributed by atoms with E-state index in [0.29, 0.717) is 5.56 Å². The van der Waals surface area contributed by atoms with E-state index in [1.54, 1.807) is 6.07 Å². The Morgan fingerprint density at radius 2 is 1.65 bits per heavy atom. The molecule has 0 fully saturated rings. The first-order valence-electron chi connectivity index (χ1n) is 6.14. The number of ketones is 1. The monoisotopic (exact) mass is 284 g/mol. The summed E-state index contributed by atoms with van der Waals surface area (Å²) in [4.78, 5) is 12.6. The minimum atomic E-state index is -0.474. The highest BCUT2D eigenvalue weighted by Gasteiger charge is 2.16. The molecule has 20 heavy (non-hydrogen) atoms. The average molecular weight is 285 g/mol. The normalized spacial score (nSPS) is 10.7. The van der Waals surface area contributed by atoms with Crippen LogP contribution in [0.5, 0.6) is 0 Å². The molecule has 0 heterocycles. The topological polar surface area (TPSA) is 17.1 Å². The first-order valence-corrected chi connectivity index (χ1v) is 6.52. The van der Waals surface area contributed by atoms with E-state index in [1.165, 1.54) is 18.2 Å². The molecule has 0 unspecified atom stereocenters. The number of carbonyl (C=O) groups excluding carboxylic acids is 1. The zero-order valence-electron chi connectivity index (χ0n) is 10.4. The molecule has 0 aromatic heterocycles. The van der Waals surface area contributed by atoms with Crippen LogP contribution in [-0.4, -0.2) is 5.78 Å². The van der Waals surface area contributed by atoms with E-state index in [4.69, 9.17) is 11.6 Å². The van der Waals surface area contributed by atoms with Crippen molar-refractivity contribution in [2.75, 3.05) is 0 Å². The third-order valence-electron chi connectivity index (χ3n) is 3.21. The van der Waals surface area contributed by atoms with Gasteiger partial charge < -0.3 is 0 Å². The lowest BCUT2D eigenvalue weighted by atomic mass is 9.97. The van der Waals surface area contributed by atoms with Gasteiger partial charge in [-0.05, 0) is 29.0 Å². The van der Waals surface area contributed by atoms with Crippen LogP contribution in [0, 0.1) is 5.82 Å². The number of halogens is 2. The second-order valence-corrected chi connectivity index (χ2v) is 4.89. The summed E-state index contributed by atoms with van der Waals surface area (Å²) in [5, 5.41) is 2.05. The Hall–Kier alpha value is -2.19. The average Bonchev–Trinajstić information content (AvgIpc) is 2.48. The Morgan fingerprint density at radius 1 is 0.900 bits per heavy atom. The highest BCUT2D eigenvalue weighted by Crippen LogP contribution is 2.25. The van der Waals surface area contributed by atoms with Crippen molar-refractivity contribution in [3.63, 3.8) is 0 Å². The first-order chi connectivity index (χ1) is 9.66. The molecule has 0 aliphatic carbocycles. The van der Waals surface area contributed by atoms with E-state index in [0.717, 1.165) is 10.8 Å². The van der Waals surface area contributed by atoms with Crippen molar-refractivity contribution in [2.24, 2.45) is 0 Å². The van der Waals surface area contributed by atoms with Crippen molar-refractivity contribution in [3.8, 4) is 0 Å². The molecule has 0 atom stereocenters. The molecule has 98 valence electrons. The fourth-order valence-electron chi connectivity index (χ4n) is 2.24. The van der Waals surface area contributed by atoms with Gasteiger partial charge in [0.05, 0.1) is 5.02 Å². The second kappa shape index (κ2) is 5.06. The van der Waals surface area contributed by atoms with Crippen LogP contribution < -0.4 is 0 Å². The summed E-state index contributed by atoms with van der Waals surface area (Å²) in [6, 6.07) is 16.9. The number of fused-ring (bicyclic) bond motifs is 1. The molecular weight excluding hydrogens is 275 g/mol. The van der Waals surface area contributed by atoms with Crippen molar-refractivity contribution < 1.29 is 9.18 Å². The molecule has 0 saturated carbocycles. The van der Waals surface area contributed by atoms with Crippen LogP contribution in [0.1, 0.15) is 15.9 Å². The third kappa shape index (κ3) is 2.19. The smallest absolute Gasteiger partial charge is 0.195 e. The Labute approximate surface area is 120 Å². The van der Waals surface area contributed by atoms with Gasteiger partial charge >= 0.3 is 0 Å². The second-order valence-electron chi connectivity index (χ2n) is 4.48. The van der Waals surface area contributed by atoms with Crippen molar-refractivity contribution in [2.45, 2.75) is 0 Å². The Bertz CT molecular complexity index is 806. The lowest BCUT2D eigenvalue weighted by Gasteiger charge is -2.07. The lowest BCUT2D eigenvalue weighted by molar-refractivity contribution is 0.104. The first kappa shape index (κ1) is 12.8. The van der Waals surface area contributed by atoms with Gasteiger partial charge in [-0.15, -0.1) is 0 Å². The number of carbonyl (C=O) groups is 1. The molecule has 0 spiro atoms. The molecule has 0 N–H and O–H groups in total. The van der Waals surface area contributed by atoms with Gasteiger partial charge in [-0.25, -0.2) is 4.39 Å². The predicted octanol–water partition coefficient (Wildman–Crippen LogP) is 4.86. The summed E-state index contributed by atoms with van der Waals surface area (Å²) in [5.41, 5.74) is 0.707. The molecule has 0 amide bonds. The Kier molecular flexibility index (Phi) is 3.25. The van der Waals surface area contributed by atoms with Crippen LogP contribution in [0.25, 0.3) is 10.8 Å². The van der Waals surface area contributed by atoms with Gasteiger partial charge in [0, 0.05) is 11.1 Å². The van der Waals surface area contributed by atoms with Gasteiger partial charge in [0.25, 0.3) is 0 Å². The van der Waals surface area contributed by atoms with Crippen LogP contribution in [0.3, 0.4) is 0 Å². The van der Waals surface area contributed by atoms with Crippen molar-refractivity contribution >= 4 is 28.2 Å². The van der Waals surface area contributed by atoms with Gasteiger partial charge in [-0.2, -0.15) is 0 Å². The summed E-state index contributed by atoms with van der Waals surface area (Å²) in [7, 11) is 0. The van der Waals surface area contributed by atoms with Gasteiger partial charge in [0.1, 0.15) is 5.82 Å². The molecule has 3 heteroatoms. The summed E-state index contributed by atoms with van der Waals surface area (Å²) < 4.78 is 13.3. The van der Waals surface area contributed by atoms with Crippen molar-refractivity contribution in [1.29, 1.82) is 0 Å². The van der Waals surface area contributed by atoms with E-state index in [9.17, 15) is 9.18 Å². The Morgan fingerprint density at radius 3 is 2.50 bits per heavy atom. The minimum Gasteiger partial charge on any atom is -0.289 e. The van der Waals surface area contributed by atoms with E-state index in [1.807, 2.05) is 36.4 Å². The molecule has 3 aromatic rings. The van der Waals surface area contributed by atoms with Gasteiger partial charge in [0.15, 0.2) is 5.78 Å². The van der Waals surface area contributed by atoms with Crippen LogP contribution in [0.2, 0.25) is 5.02 Å². The van der Waals surface area contributed by atoms with Crippen molar-refractivity contribution in [3.05, 3.63) is 82.6 Å². The van der Waals surface area contributed by atoms with Crippen LogP contribution >= 0.6 is 11.6 Å². The highest BCUT2D eigenvalue weighted by atomic mass is 35.5. The molecule has 0 saturated heterocycles. The minimum absolute atomic E-state index is 0.183. The Balaban J connectivity index is 2.20. The largest absolute Gasteiger partial charge is 0.289 e. The summed E-state index contributed by atoms with van der Waals surface area (Å²) in [6.45, 7) is 0. The zero-order valence-corrected chi connectivity index (χ0v) is 11.2. The molecule has 0 bridgehead atoms. The molecule has 0 radical (unpaired) electrons. The highest BCUT2D eigenvalue weighted by molar-refractivity contribution is 6.35. The van der Waals surface area contributed by atoms with Gasteiger partial charge in [0.2, 0.25) is 0 Å². The van der Waals surface area contributed by atoms with E-state index >= 15 is 0 Å². The maximum absolute atomic E-state index is 13.3. The van der Waals surface area contributed by atoms with Crippen LogP contribution in [0.15, 0.2) is 60.7 Å². The molecule has 0 aliphatic rings. The summed E-state index contributed by atoms with van der Waals surface area (Å²) in [6.07, 6.45) is 0. The van der Waals surface area contributed by atoms with Crippen molar-refractivity contribution in [1.82, 2.24) is 0 Å². The summed E-state index contributed by atoms with van der Waals surface area (Å²) in [5.74, 6) is -0.746. The quantitative estimate of drug-likeness (QED) is 0.614. The fourth-order valence-corrected chi connectivity index (χ4v) is 2.44. The van der Waals surface area contributed by atoms with E-state index < -0.39 is 5.82 Å². The molecule has 0 aliphatic heterocycles. The molecule has 3 aromatic carbocycles. The molecular formula is C17H10ClFO. The van der Waals surface area contributed by atoms with E-state index in [-0.39, 0.29) is 16.4 Å². The van der Waals surface area contributed by atoms with Crippen LogP contribution in [0.4, 0.5) is 4.39 Å². The lowest BCUT2D eigenvalue weighted by Crippen LogP contribution is -2.03. The maximum Gasteiger partial charge on any atom is 0.195 e. The number of hydrogen-bond acceptors (Lipinski definition) is 1. The molecule has 1 nitrogen and oxygen atoms in total. The number of rotatable bonds is 2. The van der Waals surface area contributed by atoms with Crippen LogP contribution in [-0.2, 0) is 0 Å². The third-order valence-corrected chi connectivity index (χ3v) is 3.54. The zero-order chi connectivity index (χ0) is 14.1. The van der Waals surface area contributed by atoms with Gasteiger partial charge in [-0.3, -0.25) is 4.79 Å². The maximum atomic E-state index is 13.3. The molecule has 3 rings (SSSR count). The van der Waals surface area contributed by atoms with Gasteiger partial charge in [-0.1, -0.05) is 54.1 Å². The summed E-state index contributed by atoms with van der Waals surface area (Å²) >= 11 is 6.00. The van der Waals surface area contributed by atoms with E-state index in [2.05, 4.69) is 0 Å². The predicted molar refractivity (Wildman–Crippen MR) is 78.8 cm³/mol. The fraction of sp³-hybridized carbons (Fsp3) is 0. The SMILES string of the molecule is O=C(c1cc(F)ccc1Cl)c1cccc2ccccc12. The standard InChI is InChI=1S/C17H10ClFO/c18-16-9-8-12(19)10-15(16)17(20)14-7-3-5-11-4-1-2-6-13(11)14/h1-10H. The number of benzene rings is 3.